The molecule has 1 amide bonds. The van der Waals surface area contributed by atoms with Crippen molar-refractivity contribution >= 4 is 28.8 Å². The van der Waals surface area contributed by atoms with Crippen LogP contribution in [0.4, 0.5) is 4.39 Å². The molecule has 0 spiro atoms. The number of carbonyl (C=O) groups excluding carboxylic acids is 1. The minimum Gasteiger partial charge on any atom is -0.351 e. The molecule has 0 bridgehead atoms. The van der Waals surface area contributed by atoms with Gasteiger partial charge in [0.1, 0.15) is 5.82 Å². The van der Waals surface area contributed by atoms with Crippen molar-refractivity contribution in [3.05, 3.63) is 57.0 Å². The molecule has 1 aromatic carbocycles. The topological polar surface area (TPSA) is 29.1 Å². The van der Waals surface area contributed by atoms with E-state index < -0.39 is 11.7 Å². The van der Waals surface area contributed by atoms with Crippen LogP contribution in [-0.4, -0.2) is 12.5 Å². The molecule has 0 aliphatic heterocycles. The molecular formula is C15H13ClFNOS. The Morgan fingerprint density at radius 1 is 1.35 bits per heavy atom. The Morgan fingerprint density at radius 3 is 2.75 bits per heavy atom. The summed E-state index contributed by atoms with van der Waals surface area (Å²) in [6.45, 7) is 0.525. The quantitative estimate of drug-likeness (QED) is 0.908. The van der Waals surface area contributed by atoms with Crippen LogP contribution in [0.25, 0.3) is 0 Å². The molecule has 1 N–H and O–H groups in total. The van der Waals surface area contributed by atoms with Crippen LogP contribution in [0.2, 0.25) is 5.02 Å². The zero-order valence-electron chi connectivity index (χ0n) is 10.7. The zero-order valence-corrected chi connectivity index (χ0v) is 12.2. The van der Waals surface area contributed by atoms with Gasteiger partial charge in [-0.2, -0.15) is 0 Å². The highest BCUT2D eigenvalue weighted by Gasteiger charge is 2.45. The van der Waals surface area contributed by atoms with Gasteiger partial charge < -0.3 is 5.32 Å². The van der Waals surface area contributed by atoms with Gasteiger partial charge in [0.25, 0.3) is 5.91 Å². The molecule has 0 atom stereocenters. The second-order valence-electron chi connectivity index (χ2n) is 5.04. The maximum Gasteiger partial charge on any atom is 0.255 e. The molecule has 5 heteroatoms. The maximum atomic E-state index is 13.7. The summed E-state index contributed by atoms with van der Waals surface area (Å²) < 4.78 is 13.7. The summed E-state index contributed by atoms with van der Waals surface area (Å²) in [5, 5.41) is 4.99. The molecule has 1 aromatic heterocycles. The van der Waals surface area contributed by atoms with Gasteiger partial charge in [-0.1, -0.05) is 23.7 Å². The molecule has 1 aliphatic rings. The van der Waals surface area contributed by atoms with Crippen molar-refractivity contribution in [3.63, 3.8) is 0 Å². The van der Waals surface area contributed by atoms with Crippen molar-refractivity contribution < 1.29 is 9.18 Å². The van der Waals surface area contributed by atoms with Crippen molar-refractivity contribution in [2.45, 2.75) is 18.3 Å². The third kappa shape index (κ3) is 2.45. The maximum absolute atomic E-state index is 13.7. The van der Waals surface area contributed by atoms with Gasteiger partial charge in [-0.3, -0.25) is 4.79 Å². The summed E-state index contributed by atoms with van der Waals surface area (Å²) in [5.74, 6) is -1.04. The van der Waals surface area contributed by atoms with Crippen molar-refractivity contribution in [3.8, 4) is 0 Å². The summed E-state index contributed by atoms with van der Waals surface area (Å²) in [5.41, 5.74) is -0.0298. The smallest absolute Gasteiger partial charge is 0.255 e. The molecule has 0 saturated heterocycles. The Balaban J connectivity index is 1.72. The van der Waals surface area contributed by atoms with Gasteiger partial charge in [-0.25, -0.2) is 4.39 Å². The van der Waals surface area contributed by atoms with Crippen LogP contribution in [0.15, 0.2) is 35.7 Å². The Hall–Kier alpha value is -1.39. The lowest BCUT2D eigenvalue weighted by Gasteiger charge is -2.15. The first kappa shape index (κ1) is 13.6. The first-order valence-corrected chi connectivity index (χ1v) is 7.64. The largest absolute Gasteiger partial charge is 0.351 e. The van der Waals surface area contributed by atoms with Crippen LogP contribution in [0.5, 0.6) is 0 Å². The fourth-order valence-electron chi connectivity index (χ4n) is 2.29. The lowest BCUT2D eigenvalue weighted by molar-refractivity contribution is 0.0946. The van der Waals surface area contributed by atoms with E-state index in [4.69, 9.17) is 11.6 Å². The molecule has 20 heavy (non-hydrogen) atoms. The number of carbonyl (C=O) groups is 1. The van der Waals surface area contributed by atoms with Crippen LogP contribution in [0, 0.1) is 5.82 Å². The van der Waals surface area contributed by atoms with Gasteiger partial charge in [-0.05, 0) is 36.4 Å². The lowest BCUT2D eigenvalue weighted by atomic mass is 10.1. The van der Waals surface area contributed by atoms with Crippen LogP contribution in [-0.2, 0) is 5.41 Å². The van der Waals surface area contributed by atoms with E-state index in [1.165, 1.54) is 23.1 Å². The average molecular weight is 310 g/mol. The van der Waals surface area contributed by atoms with Crippen molar-refractivity contribution in [1.29, 1.82) is 0 Å². The molecule has 1 saturated carbocycles. The summed E-state index contributed by atoms with van der Waals surface area (Å²) in [6, 6.07) is 8.34. The third-order valence-electron chi connectivity index (χ3n) is 3.67. The number of hydrogen-bond acceptors (Lipinski definition) is 2. The fourth-order valence-corrected chi connectivity index (χ4v) is 3.53. The molecule has 2 aromatic rings. The molecule has 0 unspecified atom stereocenters. The van der Waals surface area contributed by atoms with Crippen molar-refractivity contribution in [2.24, 2.45) is 0 Å². The van der Waals surface area contributed by atoms with Gasteiger partial charge in [-0.15, -0.1) is 11.3 Å². The second-order valence-corrected chi connectivity index (χ2v) is 6.39. The lowest BCUT2D eigenvalue weighted by Crippen LogP contribution is -2.32. The third-order valence-corrected chi connectivity index (χ3v) is 5.11. The Kier molecular flexibility index (Phi) is 3.52. The van der Waals surface area contributed by atoms with Crippen LogP contribution >= 0.6 is 22.9 Å². The molecule has 1 fully saturated rings. The zero-order chi connectivity index (χ0) is 14.2. The number of nitrogens with one attached hydrogen (secondary N) is 1. The van der Waals surface area contributed by atoms with E-state index in [-0.39, 0.29) is 16.0 Å². The number of benzene rings is 1. The molecular weight excluding hydrogens is 297 g/mol. The average Bonchev–Trinajstić information content (AvgIpc) is 3.00. The van der Waals surface area contributed by atoms with Crippen LogP contribution < -0.4 is 5.32 Å². The highest BCUT2D eigenvalue weighted by Crippen LogP contribution is 2.49. The second kappa shape index (κ2) is 5.19. The number of halogens is 2. The summed E-state index contributed by atoms with van der Waals surface area (Å²) in [7, 11) is 0. The van der Waals surface area contributed by atoms with E-state index in [1.807, 2.05) is 11.4 Å². The van der Waals surface area contributed by atoms with E-state index in [0.717, 1.165) is 12.8 Å². The predicted octanol–water partition coefficient (Wildman–Crippen LogP) is 4.00. The van der Waals surface area contributed by atoms with E-state index in [2.05, 4.69) is 11.4 Å². The number of thiophene rings is 1. The molecule has 2 nitrogen and oxygen atoms in total. The molecule has 3 rings (SSSR count). The Morgan fingerprint density at radius 2 is 2.15 bits per heavy atom. The van der Waals surface area contributed by atoms with Gasteiger partial charge in [0.2, 0.25) is 0 Å². The molecule has 1 aliphatic carbocycles. The normalized spacial score (nSPS) is 15.9. The first-order chi connectivity index (χ1) is 9.62. The number of hydrogen-bond donors (Lipinski definition) is 1. The summed E-state index contributed by atoms with van der Waals surface area (Å²) in [4.78, 5) is 13.4. The monoisotopic (exact) mass is 309 g/mol. The summed E-state index contributed by atoms with van der Waals surface area (Å²) >= 11 is 7.59. The molecule has 104 valence electrons. The van der Waals surface area contributed by atoms with Gasteiger partial charge in [0.05, 0.1) is 10.6 Å². The predicted molar refractivity (Wildman–Crippen MR) is 79.0 cm³/mol. The minimum absolute atomic E-state index is 0.0432. The fraction of sp³-hybridized carbons (Fsp3) is 0.267. The van der Waals surface area contributed by atoms with Gasteiger partial charge in [0, 0.05) is 16.8 Å². The summed E-state index contributed by atoms with van der Waals surface area (Å²) in [6.07, 6.45) is 2.11. The van der Waals surface area contributed by atoms with Crippen LogP contribution in [0.3, 0.4) is 0 Å². The Labute approximate surface area is 125 Å². The van der Waals surface area contributed by atoms with E-state index in [1.54, 1.807) is 11.3 Å². The van der Waals surface area contributed by atoms with E-state index in [9.17, 15) is 9.18 Å². The van der Waals surface area contributed by atoms with Gasteiger partial charge in [0.15, 0.2) is 0 Å². The van der Waals surface area contributed by atoms with Crippen molar-refractivity contribution in [2.75, 3.05) is 6.54 Å². The highest BCUT2D eigenvalue weighted by atomic mass is 35.5. The minimum atomic E-state index is -0.587. The first-order valence-electron chi connectivity index (χ1n) is 6.39. The molecule has 0 radical (unpaired) electrons. The SMILES string of the molecule is O=C(NCC1(c2cccs2)CC1)c1c(F)cccc1Cl. The number of amides is 1. The van der Waals surface area contributed by atoms with Gasteiger partial charge >= 0.3 is 0 Å². The van der Waals surface area contributed by atoms with Crippen LogP contribution in [0.1, 0.15) is 28.1 Å². The number of rotatable bonds is 4. The Bertz CT molecular complexity index is 617. The molecule has 1 heterocycles. The highest BCUT2D eigenvalue weighted by molar-refractivity contribution is 7.10. The van der Waals surface area contributed by atoms with Crippen molar-refractivity contribution in [1.82, 2.24) is 5.32 Å². The van der Waals surface area contributed by atoms with E-state index >= 15 is 0 Å². The standard InChI is InChI=1S/C15H13ClFNOS/c16-10-3-1-4-11(17)13(10)14(19)18-9-15(6-7-15)12-5-2-8-20-12/h1-5,8H,6-7,9H2,(H,18,19). The van der Waals surface area contributed by atoms with E-state index in [0.29, 0.717) is 6.54 Å².